The van der Waals surface area contributed by atoms with Gasteiger partial charge in [-0.1, -0.05) is 26.0 Å². The number of non-ortho nitro benzene ring substituents is 1. The second kappa shape index (κ2) is 12.2. The van der Waals surface area contributed by atoms with Crippen LogP contribution >= 0.6 is 0 Å². The van der Waals surface area contributed by atoms with Crippen LogP contribution in [0.15, 0.2) is 48.5 Å². The average molecular weight is 517 g/mol. The number of esters is 2. The normalized spacial score (nSPS) is 22.9. The van der Waals surface area contributed by atoms with Gasteiger partial charge in [0.25, 0.3) is 5.69 Å². The highest BCUT2D eigenvalue weighted by Crippen LogP contribution is 2.34. The van der Waals surface area contributed by atoms with Crippen molar-refractivity contribution in [3.8, 4) is 11.5 Å². The summed E-state index contributed by atoms with van der Waals surface area (Å²) >= 11 is 0. The molecule has 2 aromatic rings. The van der Waals surface area contributed by atoms with Crippen LogP contribution < -0.4 is 9.47 Å². The highest BCUT2D eigenvalue weighted by Gasteiger charge is 2.48. The fraction of sp³-hybridized carbons (Fsp3) is 0.400. The summed E-state index contributed by atoms with van der Waals surface area (Å²) in [7, 11) is 1.22. The molecule has 2 aromatic carbocycles. The summed E-state index contributed by atoms with van der Waals surface area (Å²) in [4.78, 5) is 45.8. The van der Waals surface area contributed by atoms with Crippen LogP contribution in [0.2, 0.25) is 0 Å². The number of rotatable bonds is 8. The number of carbonyl (C=O) groups is 3. The summed E-state index contributed by atoms with van der Waals surface area (Å²) in [5, 5.41) is 10.7. The fourth-order valence-electron chi connectivity index (χ4n) is 3.67. The molecule has 5 atom stereocenters. The Morgan fingerprint density at radius 1 is 0.973 bits per heavy atom. The molecular weight excluding hydrogens is 490 g/mol. The van der Waals surface area contributed by atoms with Crippen LogP contribution in [0.4, 0.5) is 10.5 Å². The van der Waals surface area contributed by atoms with Gasteiger partial charge in [0, 0.05) is 30.9 Å². The number of nitrogens with zero attached hydrogens (tertiary/aromatic N) is 1. The SMILES string of the molecule is COC(=O)[C@H]1O[C@@H](Oc2ccc(COC(=O)Oc3ccc([N+](=O)[O-])cc3)cc2)[C@H](C)[C@@H](C)[C@@H]1OC(C)=O. The molecule has 1 saturated heterocycles. The first-order valence-electron chi connectivity index (χ1n) is 11.3. The van der Waals surface area contributed by atoms with E-state index in [1.807, 2.05) is 13.8 Å². The van der Waals surface area contributed by atoms with Crippen LogP contribution in [0.3, 0.4) is 0 Å². The van der Waals surface area contributed by atoms with Crippen molar-refractivity contribution in [2.75, 3.05) is 7.11 Å². The topological polar surface area (TPSA) is 150 Å². The van der Waals surface area contributed by atoms with E-state index in [0.717, 1.165) is 0 Å². The molecule has 37 heavy (non-hydrogen) atoms. The molecule has 0 unspecified atom stereocenters. The third-order valence-electron chi connectivity index (χ3n) is 5.87. The lowest BCUT2D eigenvalue weighted by molar-refractivity contribution is -0.384. The molecule has 0 spiro atoms. The van der Waals surface area contributed by atoms with Crippen LogP contribution in [-0.4, -0.2) is 48.6 Å². The molecule has 0 bridgehead atoms. The summed E-state index contributed by atoms with van der Waals surface area (Å²) in [6, 6.07) is 11.6. The largest absolute Gasteiger partial charge is 0.514 e. The molecule has 0 saturated carbocycles. The predicted molar refractivity (Wildman–Crippen MR) is 126 cm³/mol. The standard InChI is InChI=1S/C25H27NO11/c1-14-15(2)24(37-22(23(28)32-4)21(14)34-16(3)27)35-19-9-5-17(6-10-19)13-33-25(29)36-20-11-7-18(8-12-20)26(30)31/h5-12,14-15,21-22,24H,13H2,1-4H3/t14-,15-,21+,22+,24-/m1/s1. The summed E-state index contributed by atoms with van der Waals surface area (Å²) in [5.74, 6) is -1.15. The third kappa shape index (κ3) is 7.17. The summed E-state index contributed by atoms with van der Waals surface area (Å²) in [6.07, 6.45) is -3.74. The first-order valence-corrected chi connectivity index (χ1v) is 11.3. The minimum atomic E-state index is -1.14. The van der Waals surface area contributed by atoms with Gasteiger partial charge >= 0.3 is 18.1 Å². The molecule has 0 aliphatic carbocycles. The van der Waals surface area contributed by atoms with E-state index in [4.69, 9.17) is 28.4 Å². The second-order valence-corrected chi connectivity index (χ2v) is 8.39. The van der Waals surface area contributed by atoms with Crippen molar-refractivity contribution in [3.63, 3.8) is 0 Å². The number of nitro groups is 1. The van der Waals surface area contributed by atoms with E-state index >= 15 is 0 Å². The van der Waals surface area contributed by atoms with Gasteiger partial charge in [-0.25, -0.2) is 9.59 Å². The van der Waals surface area contributed by atoms with Gasteiger partial charge in [-0.3, -0.25) is 14.9 Å². The minimum absolute atomic E-state index is 0.0893. The molecule has 1 aliphatic heterocycles. The van der Waals surface area contributed by atoms with E-state index < -0.39 is 41.5 Å². The van der Waals surface area contributed by atoms with Gasteiger partial charge in [-0.05, 0) is 29.8 Å². The van der Waals surface area contributed by atoms with E-state index in [0.29, 0.717) is 11.3 Å². The van der Waals surface area contributed by atoms with Crippen molar-refractivity contribution in [1.29, 1.82) is 0 Å². The maximum Gasteiger partial charge on any atom is 0.514 e. The molecule has 198 valence electrons. The molecule has 0 aromatic heterocycles. The highest BCUT2D eigenvalue weighted by atomic mass is 16.7. The number of hydrogen-bond acceptors (Lipinski definition) is 11. The number of nitro benzene ring substituents is 1. The molecule has 1 heterocycles. The van der Waals surface area contributed by atoms with E-state index in [1.165, 1.54) is 38.3 Å². The molecule has 3 rings (SSSR count). The Bertz CT molecular complexity index is 1120. The van der Waals surface area contributed by atoms with Crippen LogP contribution in [0.25, 0.3) is 0 Å². The van der Waals surface area contributed by atoms with Crippen molar-refractivity contribution in [2.24, 2.45) is 11.8 Å². The Balaban J connectivity index is 1.56. The van der Waals surface area contributed by atoms with E-state index in [9.17, 15) is 24.5 Å². The van der Waals surface area contributed by atoms with Crippen molar-refractivity contribution in [1.82, 2.24) is 0 Å². The Kier molecular flexibility index (Phi) is 9.01. The van der Waals surface area contributed by atoms with Gasteiger partial charge in [-0.15, -0.1) is 0 Å². The fourth-order valence-corrected chi connectivity index (χ4v) is 3.67. The number of methoxy groups -OCH3 is 1. The molecule has 12 heteroatoms. The zero-order valence-corrected chi connectivity index (χ0v) is 20.7. The van der Waals surface area contributed by atoms with Gasteiger partial charge in [0.2, 0.25) is 6.29 Å². The van der Waals surface area contributed by atoms with Gasteiger partial charge in [-0.2, -0.15) is 0 Å². The summed E-state index contributed by atoms with van der Waals surface area (Å²) in [6.45, 7) is 4.87. The van der Waals surface area contributed by atoms with Crippen LogP contribution in [0.5, 0.6) is 11.5 Å². The first kappa shape index (κ1) is 27.4. The molecular formula is C25H27NO11. The molecule has 1 aliphatic rings. The lowest BCUT2D eigenvalue weighted by atomic mass is 9.84. The van der Waals surface area contributed by atoms with Crippen LogP contribution in [-0.2, 0) is 35.1 Å². The molecule has 12 nitrogen and oxygen atoms in total. The Morgan fingerprint density at radius 2 is 1.59 bits per heavy atom. The van der Waals surface area contributed by atoms with Gasteiger partial charge in [0.15, 0.2) is 6.10 Å². The zero-order chi connectivity index (χ0) is 27.1. The lowest BCUT2D eigenvalue weighted by Gasteiger charge is -2.42. The average Bonchev–Trinajstić information content (AvgIpc) is 2.87. The number of ether oxygens (including phenoxy) is 6. The maximum atomic E-state index is 12.3. The van der Waals surface area contributed by atoms with Crippen molar-refractivity contribution in [2.45, 2.75) is 45.9 Å². The van der Waals surface area contributed by atoms with Gasteiger partial charge in [0.05, 0.1) is 12.0 Å². The summed E-state index contributed by atoms with van der Waals surface area (Å²) in [5.41, 5.74) is 0.511. The lowest BCUT2D eigenvalue weighted by Crippen LogP contribution is -2.55. The van der Waals surface area contributed by atoms with Crippen LogP contribution in [0.1, 0.15) is 26.3 Å². The smallest absolute Gasteiger partial charge is 0.467 e. The van der Waals surface area contributed by atoms with Crippen LogP contribution in [0, 0.1) is 22.0 Å². The predicted octanol–water partition coefficient (Wildman–Crippen LogP) is 3.79. The molecule has 0 amide bonds. The van der Waals surface area contributed by atoms with E-state index in [2.05, 4.69) is 0 Å². The first-order chi connectivity index (χ1) is 17.6. The number of benzene rings is 2. The minimum Gasteiger partial charge on any atom is -0.467 e. The van der Waals surface area contributed by atoms with E-state index in [1.54, 1.807) is 24.3 Å². The van der Waals surface area contributed by atoms with Crippen molar-refractivity contribution < 1.29 is 47.7 Å². The Labute approximate surface area is 212 Å². The number of carbonyl (C=O) groups excluding carboxylic acids is 3. The highest BCUT2D eigenvalue weighted by molar-refractivity contribution is 5.76. The molecule has 0 N–H and O–H groups in total. The zero-order valence-electron chi connectivity index (χ0n) is 20.7. The Morgan fingerprint density at radius 3 is 2.16 bits per heavy atom. The number of hydrogen-bond donors (Lipinski definition) is 0. The summed E-state index contributed by atoms with van der Waals surface area (Å²) < 4.78 is 32.0. The quantitative estimate of drug-likeness (QED) is 0.165. The Hall–Kier alpha value is -4.19. The molecule has 0 radical (unpaired) electrons. The third-order valence-corrected chi connectivity index (χ3v) is 5.87. The van der Waals surface area contributed by atoms with Gasteiger partial charge < -0.3 is 28.4 Å². The molecule has 1 fully saturated rings. The van der Waals surface area contributed by atoms with Gasteiger partial charge in [0.1, 0.15) is 24.2 Å². The van der Waals surface area contributed by atoms with Crippen molar-refractivity contribution in [3.05, 3.63) is 64.2 Å². The maximum absolute atomic E-state index is 12.3. The van der Waals surface area contributed by atoms with E-state index in [-0.39, 0.29) is 29.9 Å². The van der Waals surface area contributed by atoms with Crippen molar-refractivity contribution >= 4 is 23.8 Å². The second-order valence-electron chi connectivity index (χ2n) is 8.39. The monoisotopic (exact) mass is 517 g/mol.